The monoisotopic (exact) mass is 478 g/mol. The molecule has 8 nitrogen and oxygen atoms in total. The number of hydrogen-bond donors (Lipinski definition) is 0. The van der Waals surface area contributed by atoms with Gasteiger partial charge in [0, 0.05) is 30.1 Å². The number of rotatable bonds is 11. The van der Waals surface area contributed by atoms with Crippen LogP contribution < -0.4 is 9.47 Å². The van der Waals surface area contributed by atoms with Gasteiger partial charge in [-0.3, -0.25) is 9.69 Å². The van der Waals surface area contributed by atoms with E-state index in [1.807, 2.05) is 37.8 Å². The number of carbonyl (C=O) groups is 2. The number of aromatic nitrogens is 1. The van der Waals surface area contributed by atoms with E-state index in [1.54, 1.807) is 34.1 Å². The first kappa shape index (κ1) is 26.6. The highest BCUT2D eigenvalue weighted by Gasteiger charge is 2.27. The smallest absolute Gasteiger partial charge is 0.350 e. The Kier molecular flexibility index (Phi) is 9.67. The van der Waals surface area contributed by atoms with Crippen LogP contribution in [0.1, 0.15) is 60.6 Å². The summed E-state index contributed by atoms with van der Waals surface area (Å²) in [5.74, 6) is 0.557. The van der Waals surface area contributed by atoms with Crippen LogP contribution in [0.3, 0.4) is 0 Å². The molecule has 182 valence electrons. The lowest BCUT2D eigenvalue weighted by Gasteiger charge is -2.22. The Balaban J connectivity index is 2.42. The van der Waals surface area contributed by atoms with Crippen molar-refractivity contribution in [3.8, 4) is 11.5 Å². The van der Waals surface area contributed by atoms with Gasteiger partial charge in [-0.05, 0) is 19.9 Å². The van der Waals surface area contributed by atoms with Gasteiger partial charge in [0.15, 0.2) is 0 Å². The van der Waals surface area contributed by atoms with Crippen molar-refractivity contribution in [1.82, 2.24) is 9.88 Å². The summed E-state index contributed by atoms with van der Waals surface area (Å²) in [6.07, 6.45) is 0. The third-order valence-electron chi connectivity index (χ3n) is 4.72. The van der Waals surface area contributed by atoms with Crippen molar-refractivity contribution in [3.05, 3.63) is 39.3 Å². The van der Waals surface area contributed by atoms with Crippen LogP contribution in [0.5, 0.6) is 11.5 Å². The van der Waals surface area contributed by atoms with Gasteiger partial charge in [-0.1, -0.05) is 26.8 Å². The van der Waals surface area contributed by atoms with Crippen molar-refractivity contribution in [2.45, 2.75) is 53.1 Å². The molecule has 0 atom stereocenters. The molecule has 0 fully saturated rings. The second-order valence-electron chi connectivity index (χ2n) is 8.39. The second kappa shape index (κ2) is 12.0. The Labute approximate surface area is 199 Å². The van der Waals surface area contributed by atoms with Crippen LogP contribution in [-0.4, -0.2) is 55.8 Å². The van der Waals surface area contributed by atoms with E-state index in [1.165, 1.54) is 11.3 Å². The number of methoxy groups -OCH3 is 2. The van der Waals surface area contributed by atoms with Crippen LogP contribution in [-0.2, 0) is 32.8 Å². The highest BCUT2D eigenvalue weighted by atomic mass is 32.1. The van der Waals surface area contributed by atoms with Crippen LogP contribution in [0.25, 0.3) is 0 Å². The summed E-state index contributed by atoms with van der Waals surface area (Å²) < 4.78 is 21.2. The summed E-state index contributed by atoms with van der Waals surface area (Å²) in [6, 6.07) is 5.52. The quantitative estimate of drug-likeness (QED) is 0.444. The SMILES string of the molecule is CCOC(=O)CN(Cc1ccc(OC)cc1OC)Cc1nc(C(C)(C)C)sc1C(=O)OCC. The molecule has 0 unspecified atom stereocenters. The van der Waals surface area contributed by atoms with Gasteiger partial charge in [-0.25, -0.2) is 9.78 Å². The summed E-state index contributed by atoms with van der Waals surface area (Å²) in [6.45, 7) is 10.9. The van der Waals surface area contributed by atoms with Crippen LogP contribution in [0, 0.1) is 0 Å². The van der Waals surface area contributed by atoms with Crippen molar-refractivity contribution in [1.29, 1.82) is 0 Å². The first-order valence-electron chi connectivity index (χ1n) is 10.9. The maximum atomic E-state index is 12.6. The topological polar surface area (TPSA) is 87.2 Å². The Morgan fingerprint density at radius 2 is 1.73 bits per heavy atom. The van der Waals surface area contributed by atoms with E-state index in [-0.39, 0.29) is 37.7 Å². The van der Waals surface area contributed by atoms with Crippen molar-refractivity contribution in [3.63, 3.8) is 0 Å². The number of hydrogen-bond acceptors (Lipinski definition) is 9. The fourth-order valence-corrected chi connectivity index (χ4v) is 4.15. The number of ether oxygens (including phenoxy) is 4. The maximum Gasteiger partial charge on any atom is 0.350 e. The van der Waals surface area contributed by atoms with Gasteiger partial charge < -0.3 is 18.9 Å². The third-order valence-corrected chi connectivity index (χ3v) is 6.22. The molecule has 2 aromatic rings. The molecule has 0 N–H and O–H groups in total. The maximum absolute atomic E-state index is 12.6. The van der Waals surface area contributed by atoms with Gasteiger partial charge in [0.1, 0.15) is 16.4 Å². The molecule has 0 spiro atoms. The molecule has 0 saturated heterocycles. The van der Waals surface area contributed by atoms with E-state index < -0.39 is 5.97 Å². The van der Waals surface area contributed by atoms with Gasteiger partial charge in [0.05, 0.1) is 44.7 Å². The van der Waals surface area contributed by atoms with Crippen molar-refractivity contribution in [2.75, 3.05) is 34.0 Å². The molecule has 0 bridgehead atoms. The minimum Gasteiger partial charge on any atom is -0.497 e. The van der Waals surface area contributed by atoms with Crippen LogP contribution >= 0.6 is 11.3 Å². The fraction of sp³-hybridized carbons (Fsp3) is 0.542. The zero-order chi connectivity index (χ0) is 24.6. The molecule has 0 amide bonds. The highest BCUT2D eigenvalue weighted by molar-refractivity contribution is 7.13. The number of thiazole rings is 1. The van der Waals surface area contributed by atoms with Gasteiger partial charge in [-0.15, -0.1) is 11.3 Å². The van der Waals surface area contributed by atoms with Crippen molar-refractivity contribution >= 4 is 23.3 Å². The Hall–Kier alpha value is -2.65. The van der Waals surface area contributed by atoms with Crippen molar-refractivity contribution < 1.29 is 28.5 Å². The highest BCUT2D eigenvalue weighted by Crippen LogP contribution is 2.32. The van der Waals surface area contributed by atoms with Gasteiger partial charge in [0.25, 0.3) is 0 Å². The number of carbonyl (C=O) groups excluding carboxylic acids is 2. The molecule has 33 heavy (non-hydrogen) atoms. The molecule has 9 heteroatoms. The first-order valence-corrected chi connectivity index (χ1v) is 11.7. The predicted octanol–water partition coefficient (Wildman–Crippen LogP) is 4.20. The summed E-state index contributed by atoms with van der Waals surface area (Å²) in [4.78, 5) is 32.1. The molecular formula is C24H34N2O6S. The number of benzene rings is 1. The third kappa shape index (κ3) is 7.43. The second-order valence-corrected chi connectivity index (χ2v) is 9.39. The molecule has 0 saturated carbocycles. The van der Waals surface area contributed by atoms with E-state index in [2.05, 4.69) is 0 Å². The minimum absolute atomic E-state index is 0.0354. The lowest BCUT2D eigenvalue weighted by atomic mass is 9.98. The van der Waals surface area contributed by atoms with E-state index in [0.717, 1.165) is 10.6 Å². The van der Waals surface area contributed by atoms with Crippen LogP contribution in [0.2, 0.25) is 0 Å². The summed E-state index contributed by atoms with van der Waals surface area (Å²) in [7, 11) is 3.18. The van der Waals surface area contributed by atoms with E-state index in [4.69, 9.17) is 23.9 Å². The zero-order valence-corrected chi connectivity index (χ0v) is 21.3. The average molecular weight is 479 g/mol. The van der Waals surface area contributed by atoms with E-state index >= 15 is 0 Å². The summed E-state index contributed by atoms with van der Waals surface area (Å²) >= 11 is 1.33. The molecule has 1 aromatic heterocycles. The molecule has 0 aliphatic rings. The lowest BCUT2D eigenvalue weighted by Crippen LogP contribution is -2.31. The molecular weight excluding hydrogens is 444 g/mol. The standard InChI is InChI=1S/C24H34N2O6S/c1-8-31-20(27)15-26(13-16-10-11-17(29-6)12-19(16)30-7)14-18-21(22(28)32-9-2)33-23(25-18)24(3,4)5/h10-12H,8-9,13-15H2,1-7H3. The lowest BCUT2D eigenvalue weighted by molar-refractivity contribution is -0.144. The molecule has 0 radical (unpaired) electrons. The molecule has 1 heterocycles. The van der Waals surface area contributed by atoms with Crippen LogP contribution in [0.4, 0.5) is 0 Å². The predicted molar refractivity (Wildman–Crippen MR) is 127 cm³/mol. The van der Waals surface area contributed by atoms with E-state index in [0.29, 0.717) is 28.6 Å². The fourth-order valence-electron chi connectivity index (χ4n) is 3.13. The van der Waals surface area contributed by atoms with Gasteiger partial charge in [-0.2, -0.15) is 0 Å². The molecule has 2 rings (SSSR count). The Morgan fingerprint density at radius 1 is 1.03 bits per heavy atom. The minimum atomic E-state index is -0.404. The molecule has 0 aliphatic carbocycles. The summed E-state index contributed by atoms with van der Waals surface area (Å²) in [5.41, 5.74) is 1.22. The molecule has 0 aliphatic heterocycles. The van der Waals surface area contributed by atoms with E-state index in [9.17, 15) is 9.59 Å². The largest absolute Gasteiger partial charge is 0.497 e. The normalized spacial score (nSPS) is 11.4. The number of esters is 2. The van der Waals surface area contributed by atoms with Crippen molar-refractivity contribution in [2.24, 2.45) is 0 Å². The first-order chi connectivity index (χ1) is 15.6. The Morgan fingerprint density at radius 3 is 2.30 bits per heavy atom. The summed E-state index contributed by atoms with van der Waals surface area (Å²) in [5, 5.41) is 0.832. The zero-order valence-electron chi connectivity index (χ0n) is 20.5. The molecule has 1 aromatic carbocycles. The van der Waals surface area contributed by atoms with Gasteiger partial charge >= 0.3 is 11.9 Å². The number of nitrogens with zero attached hydrogens (tertiary/aromatic N) is 2. The van der Waals surface area contributed by atoms with Gasteiger partial charge in [0.2, 0.25) is 0 Å². The average Bonchev–Trinajstić information content (AvgIpc) is 3.18. The van der Waals surface area contributed by atoms with Crippen LogP contribution in [0.15, 0.2) is 18.2 Å². The Bertz CT molecular complexity index is 951.